The van der Waals surface area contributed by atoms with Crippen LogP contribution in [0.4, 0.5) is 17.6 Å². The molecule has 2 aromatic carbocycles. The smallest absolute Gasteiger partial charge is 0.195 e. The molecule has 3 rings (SSSR count). The summed E-state index contributed by atoms with van der Waals surface area (Å²) in [6, 6.07) is 6.30. The molecule has 2 nitrogen and oxygen atoms in total. The van der Waals surface area contributed by atoms with Crippen LogP contribution in [-0.4, -0.2) is 9.55 Å². The lowest BCUT2D eigenvalue weighted by molar-refractivity contribution is 0.448. The van der Waals surface area contributed by atoms with Crippen LogP contribution in [0.5, 0.6) is 0 Å². The van der Waals surface area contributed by atoms with E-state index in [0.29, 0.717) is 10.0 Å². The third kappa shape index (κ3) is 3.14. The van der Waals surface area contributed by atoms with Gasteiger partial charge in [0.05, 0.1) is 5.56 Å². The van der Waals surface area contributed by atoms with E-state index in [2.05, 4.69) is 20.9 Å². The highest BCUT2D eigenvalue weighted by molar-refractivity contribution is 9.10. The number of benzene rings is 2. The monoisotopic (exact) mass is 384 g/mol. The van der Waals surface area contributed by atoms with Crippen molar-refractivity contribution in [1.29, 1.82) is 0 Å². The summed E-state index contributed by atoms with van der Waals surface area (Å²) in [6.45, 7) is 0.199. The van der Waals surface area contributed by atoms with Crippen LogP contribution >= 0.6 is 15.9 Å². The van der Waals surface area contributed by atoms with Gasteiger partial charge in [0.2, 0.25) is 0 Å². The minimum atomic E-state index is -1.55. The molecule has 23 heavy (non-hydrogen) atoms. The Morgan fingerprint density at radius 2 is 1.78 bits per heavy atom. The van der Waals surface area contributed by atoms with Crippen molar-refractivity contribution in [3.8, 4) is 11.4 Å². The normalized spacial score (nSPS) is 11.0. The number of hydrogen-bond donors (Lipinski definition) is 0. The first-order valence-corrected chi connectivity index (χ1v) is 7.35. The standard InChI is InChI=1S/C16H9BrF4N2/c17-10-5-9(6-11(18)7-10)8-23-4-3-22-16(23)12-1-2-13(19)15(21)14(12)20/h1-7H,8H2. The first kappa shape index (κ1) is 15.7. The van der Waals surface area contributed by atoms with Gasteiger partial charge in [0.15, 0.2) is 17.5 Å². The van der Waals surface area contributed by atoms with Crippen molar-refractivity contribution in [2.24, 2.45) is 0 Å². The maximum absolute atomic E-state index is 13.9. The fraction of sp³-hybridized carbons (Fsp3) is 0.0625. The second-order valence-electron chi connectivity index (χ2n) is 4.88. The molecule has 7 heteroatoms. The largest absolute Gasteiger partial charge is 0.326 e. The van der Waals surface area contributed by atoms with Crippen LogP contribution in [0, 0.1) is 23.3 Å². The minimum Gasteiger partial charge on any atom is -0.326 e. The molecule has 0 atom stereocenters. The lowest BCUT2D eigenvalue weighted by atomic mass is 10.1. The van der Waals surface area contributed by atoms with Gasteiger partial charge < -0.3 is 4.57 Å². The molecule has 0 N–H and O–H groups in total. The first-order chi connectivity index (χ1) is 11.0. The Balaban J connectivity index is 2.02. The lowest BCUT2D eigenvalue weighted by Crippen LogP contribution is -2.04. The molecule has 118 valence electrons. The second kappa shape index (κ2) is 6.16. The average Bonchev–Trinajstić information content (AvgIpc) is 2.92. The molecule has 0 aliphatic rings. The molecule has 0 amide bonds. The number of nitrogens with zero attached hydrogens (tertiary/aromatic N) is 2. The van der Waals surface area contributed by atoms with Gasteiger partial charge in [-0.25, -0.2) is 22.5 Å². The van der Waals surface area contributed by atoms with Gasteiger partial charge in [0.1, 0.15) is 11.6 Å². The maximum atomic E-state index is 13.9. The lowest BCUT2D eigenvalue weighted by Gasteiger charge is -2.10. The predicted molar refractivity (Wildman–Crippen MR) is 80.7 cm³/mol. The highest BCUT2D eigenvalue weighted by Crippen LogP contribution is 2.26. The van der Waals surface area contributed by atoms with E-state index in [0.717, 1.165) is 12.1 Å². The molecule has 0 saturated carbocycles. The Morgan fingerprint density at radius 3 is 2.52 bits per heavy atom. The van der Waals surface area contributed by atoms with E-state index in [1.54, 1.807) is 12.3 Å². The number of aromatic nitrogens is 2. The van der Waals surface area contributed by atoms with E-state index in [1.807, 2.05) is 0 Å². The van der Waals surface area contributed by atoms with Gasteiger partial charge in [-0.15, -0.1) is 0 Å². The minimum absolute atomic E-state index is 0.127. The zero-order chi connectivity index (χ0) is 16.6. The third-order valence-electron chi connectivity index (χ3n) is 3.27. The van der Waals surface area contributed by atoms with E-state index in [1.165, 1.54) is 22.9 Å². The highest BCUT2D eigenvalue weighted by atomic mass is 79.9. The summed E-state index contributed by atoms with van der Waals surface area (Å²) in [5.74, 6) is -4.42. The molecule has 1 aromatic heterocycles. The van der Waals surface area contributed by atoms with E-state index in [-0.39, 0.29) is 17.9 Å². The Labute approximate surface area is 137 Å². The molecule has 0 bridgehead atoms. The van der Waals surface area contributed by atoms with Gasteiger partial charge in [0.25, 0.3) is 0 Å². The molecule has 0 spiro atoms. The van der Waals surface area contributed by atoms with E-state index >= 15 is 0 Å². The van der Waals surface area contributed by atoms with Crippen molar-refractivity contribution in [3.05, 3.63) is 76.0 Å². The quantitative estimate of drug-likeness (QED) is 0.463. The van der Waals surface area contributed by atoms with Gasteiger partial charge in [0, 0.05) is 23.4 Å². The molecule has 3 aromatic rings. The summed E-state index contributed by atoms with van der Waals surface area (Å²) in [5.41, 5.74) is 0.448. The van der Waals surface area contributed by atoms with E-state index < -0.39 is 23.3 Å². The topological polar surface area (TPSA) is 17.8 Å². The Morgan fingerprint density at radius 1 is 1.00 bits per heavy atom. The SMILES string of the molecule is Fc1cc(Br)cc(Cn2ccnc2-c2ccc(F)c(F)c2F)c1. The van der Waals surface area contributed by atoms with Crippen molar-refractivity contribution in [1.82, 2.24) is 9.55 Å². The highest BCUT2D eigenvalue weighted by Gasteiger charge is 2.18. The molecule has 0 aliphatic carbocycles. The summed E-state index contributed by atoms with van der Waals surface area (Å²) < 4.78 is 55.9. The molecule has 1 heterocycles. The number of halogens is 5. The van der Waals surface area contributed by atoms with Crippen molar-refractivity contribution in [2.45, 2.75) is 6.54 Å². The molecule has 0 fully saturated rings. The summed E-state index contributed by atoms with van der Waals surface area (Å²) in [6.07, 6.45) is 2.96. The summed E-state index contributed by atoms with van der Waals surface area (Å²) in [5, 5.41) is 0. The predicted octanol–water partition coefficient (Wildman–Crippen LogP) is 4.92. The Kier molecular flexibility index (Phi) is 4.21. The maximum Gasteiger partial charge on any atom is 0.195 e. The molecular formula is C16H9BrF4N2. The number of rotatable bonds is 3. The molecule has 0 unspecified atom stereocenters. The van der Waals surface area contributed by atoms with Gasteiger partial charge >= 0.3 is 0 Å². The van der Waals surface area contributed by atoms with Crippen LogP contribution in [0.3, 0.4) is 0 Å². The van der Waals surface area contributed by atoms with Gasteiger partial charge in [-0.3, -0.25) is 0 Å². The van der Waals surface area contributed by atoms with Crippen LogP contribution in [0.25, 0.3) is 11.4 Å². The van der Waals surface area contributed by atoms with Gasteiger partial charge in [-0.2, -0.15) is 0 Å². The zero-order valence-corrected chi connectivity index (χ0v) is 13.1. The molecular weight excluding hydrogens is 376 g/mol. The van der Waals surface area contributed by atoms with E-state index in [4.69, 9.17) is 0 Å². The molecule has 0 radical (unpaired) electrons. The zero-order valence-electron chi connectivity index (χ0n) is 11.5. The van der Waals surface area contributed by atoms with Crippen LogP contribution in [-0.2, 0) is 6.54 Å². The summed E-state index contributed by atoms with van der Waals surface area (Å²) in [7, 11) is 0. The average molecular weight is 385 g/mol. The summed E-state index contributed by atoms with van der Waals surface area (Å²) >= 11 is 3.19. The first-order valence-electron chi connectivity index (χ1n) is 6.55. The number of imidazole rings is 1. The van der Waals surface area contributed by atoms with Crippen molar-refractivity contribution >= 4 is 15.9 Å². The molecule has 0 saturated heterocycles. The third-order valence-corrected chi connectivity index (χ3v) is 3.72. The number of hydrogen-bond acceptors (Lipinski definition) is 1. The molecule has 0 aliphatic heterocycles. The van der Waals surface area contributed by atoms with Crippen LogP contribution in [0.1, 0.15) is 5.56 Å². The van der Waals surface area contributed by atoms with Crippen LogP contribution in [0.15, 0.2) is 47.2 Å². The summed E-state index contributed by atoms with van der Waals surface area (Å²) in [4.78, 5) is 3.99. The van der Waals surface area contributed by atoms with Crippen LogP contribution < -0.4 is 0 Å². The van der Waals surface area contributed by atoms with Gasteiger partial charge in [-0.1, -0.05) is 15.9 Å². The fourth-order valence-electron chi connectivity index (χ4n) is 2.28. The van der Waals surface area contributed by atoms with Crippen molar-refractivity contribution < 1.29 is 17.6 Å². The van der Waals surface area contributed by atoms with Gasteiger partial charge in [-0.05, 0) is 35.9 Å². The Hall–Kier alpha value is -2.15. The van der Waals surface area contributed by atoms with Crippen LogP contribution in [0.2, 0.25) is 0 Å². The van der Waals surface area contributed by atoms with Crippen molar-refractivity contribution in [3.63, 3.8) is 0 Å². The Bertz CT molecular complexity index is 856. The van der Waals surface area contributed by atoms with Crippen molar-refractivity contribution in [2.75, 3.05) is 0 Å². The van der Waals surface area contributed by atoms with E-state index in [9.17, 15) is 17.6 Å². The fourth-order valence-corrected chi connectivity index (χ4v) is 2.79. The second-order valence-corrected chi connectivity index (χ2v) is 5.80.